The number of carboxylic acids is 1. The zero-order chi connectivity index (χ0) is 15.1. The molecule has 3 nitrogen and oxygen atoms in total. The predicted molar refractivity (Wildman–Crippen MR) is 86.9 cm³/mol. The van der Waals surface area contributed by atoms with Gasteiger partial charge in [0.2, 0.25) is 0 Å². The lowest BCUT2D eigenvalue weighted by Crippen LogP contribution is -2.21. The van der Waals surface area contributed by atoms with Crippen LogP contribution in [0, 0.1) is 5.92 Å². The Hall–Kier alpha value is -2.55. The van der Waals surface area contributed by atoms with Crippen molar-refractivity contribution in [3.05, 3.63) is 59.8 Å². The number of nitrogens with one attached hydrogen (secondary N) is 1. The fraction of sp³-hybridized carbons (Fsp3) is 0.211. The third-order valence-corrected chi connectivity index (χ3v) is 4.66. The lowest BCUT2D eigenvalue weighted by molar-refractivity contribution is -0.142. The van der Waals surface area contributed by atoms with E-state index in [0.717, 1.165) is 18.4 Å². The van der Waals surface area contributed by atoms with Crippen LogP contribution in [0.15, 0.2) is 48.5 Å². The second kappa shape index (κ2) is 5.02. The van der Waals surface area contributed by atoms with Crippen molar-refractivity contribution in [1.29, 1.82) is 0 Å². The lowest BCUT2D eigenvalue weighted by Gasteiger charge is -2.18. The van der Waals surface area contributed by atoms with Gasteiger partial charge in [-0.25, -0.2) is 0 Å². The first-order valence-corrected chi connectivity index (χ1v) is 7.64. The summed E-state index contributed by atoms with van der Waals surface area (Å²) in [6, 6.07) is 16.6. The number of benzene rings is 2. The van der Waals surface area contributed by atoms with E-state index >= 15 is 0 Å². The highest BCUT2D eigenvalue weighted by Crippen LogP contribution is 2.36. The first kappa shape index (κ1) is 13.1. The number of aryl methyl sites for hydroxylation is 1. The van der Waals surface area contributed by atoms with Gasteiger partial charge in [-0.05, 0) is 30.4 Å². The van der Waals surface area contributed by atoms with Gasteiger partial charge in [0.05, 0.1) is 11.4 Å². The van der Waals surface area contributed by atoms with Gasteiger partial charge < -0.3 is 10.1 Å². The van der Waals surface area contributed by atoms with Crippen LogP contribution >= 0.6 is 0 Å². The summed E-state index contributed by atoms with van der Waals surface area (Å²) in [4.78, 5) is 14.8. The number of carbonyl (C=O) groups is 1. The molecular weight excluding hydrogens is 274 g/mol. The molecule has 0 saturated heterocycles. The quantitative estimate of drug-likeness (QED) is 0.749. The molecule has 1 atom stereocenters. The topological polar surface area (TPSA) is 53.1 Å². The molecule has 1 unspecified atom stereocenters. The normalized spacial score (nSPS) is 17.4. The molecule has 1 aliphatic rings. The molecule has 22 heavy (non-hydrogen) atoms. The summed E-state index contributed by atoms with van der Waals surface area (Å²) in [6.07, 6.45) is 2.16. The predicted octanol–water partition coefficient (Wildman–Crippen LogP) is 4.02. The molecule has 0 spiro atoms. The minimum absolute atomic E-state index is 0.258. The number of aliphatic carboxylic acids is 1. The molecule has 2 N–H and O–H groups in total. The maximum Gasteiger partial charge on any atom is 0.306 e. The Morgan fingerprint density at radius 2 is 1.91 bits per heavy atom. The first-order valence-electron chi connectivity index (χ1n) is 7.64. The summed E-state index contributed by atoms with van der Waals surface area (Å²) in [7, 11) is 0. The van der Waals surface area contributed by atoms with Crippen molar-refractivity contribution in [3.8, 4) is 11.1 Å². The number of aromatic amines is 1. The van der Waals surface area contributed by atoms with E-state index in [-0.39, 0.29) is 5.92 Å². The summed E-state index contributed by atoms with van der Waals surface area (Å²) in [5.74, 6) is -0.939. The summed E-state index contributed by atoms with van der Waals surface area (Å²) < 4.78 is 0. The number of hydrogen-bond donors (Lipinski definition) is 2. The summed E-state index contributed by atoms with van der Waals surface area (Å²) in [6.45, 7) is 0. The largest absolute Gasteiger partial charge is 0.481 e. The smallest absolute Gasteiger partial charge is 0.306 e. The van der Waals surface area contributed by atoms with Gasteiger partial charge in [0, 0.05) is 16.6 Å². The minimum atomic E-state index is -0.681. The van der Waals surface area contributed by atoms with Crippen LogP contribution in [0.1, 0.15) is 17.7 Å². The van der Waals surface area contributed by atoms with Gasteiger partial charge in [-0.1, -0.05) is 48.5 Å². The zero-order valence-corrected chi connectivity index (χ0v) is 12.2. The van der Waals surface area contributed by atoms with Crippen LogP contribution in [-0.2, 0) is 17.6 Å². The Kier molecular flexibility index (Phi) is 3.00. The molecule has 0 radical (unpaired) electrons. The van der Waals surface area contributed by atoms with E-state index in [2.05, 4.69) is 35.3 Å². The fourth-order valence-corrected chi connectivity index (χ4v) is 3.51. The average Bonchev–Trinajstić information content (AvgIpc) is 2.93. The molecule has 0 aliphatic heterocycles. The summed E-state index contributed by atoms with van der Waals surface area (Å²) in [5.41, 5.74) is 5.88. The molecule has 2 aromatic carbocycles. The first-order chi connectivity index (χ1) is 10.7. The van der Waals surface area contributed by atoms with Crippen molar-refractivity contribution >= 4 is 16.9 Å². The highest BCUT2D eigenvalue weighted by Gasteiger charge is 2.27. The standard InChI is InChI=1S/C19H17NO2/c21-19(22)13-9-10-17-16(11-13)15-8-4-7-14(18(15)20-17)12-5-2-1-3-6-12/h1-8,13,20H,9-11H2,(H,21,22). The van der Waals surface area contributed by atoms with Gasteiger partial charge in [-0.15, -0.1) is 0 Å². The number of H-pyrrole nitrogens is 1. The van der Waals surface area contributed by atoms with Gasteiger partial charge in [-0.3, -0.25) is 4.79 Å². The van der Waals surface area contributed by atoms with Gasteiger partial charge >= 0.3 is 5.97 Å². The van der Waals surface area contributed by atoms with Crippen LogP contribution in [0.25, 0.3) is 22.0 Å². The third-order valence-electron chi connectivity index (χ3n) is 4.66. The van der Waals surface area contributed by atoms with E-state index in [0.29, 0.717) is 6.42 Å². The molecule has 3 aromatic rings. The second-order valence-corrected chi connectivity index (χ2v) is 5.95. The maximum absolute atomic E-state index is 11.3. The number of carboxylic acid groups (broad SMARTS) is 1. The van der Waals surface area contributed by atoms with Crippen molar-refractivity contribution in [2.45, 2.75) is 19.3 Å². The van der Waals surface area contributed by atoms with E-state index in [1.165, 1.54) is 27.8 Å². The van der Waals surface area contributed by atoms with E-state index in [1.54, 1.807) is 0 Å². The lowest BCUT2D eigenvalue weighted by atomic mass is 9.86. The Bertz CT molecular complexity index is 849. The molecule has 0 amide bonds. The molecule has 0 bridgehead atoms. The van der Waals surface area contributed by atoms with Crippen LogP contribution < -0.4 is 0 Å². The number of hydrogen-bond acceptors (Lipinski definition) is 1. The second-order valence-electron chi connectivity index (χ2n) is 5.95. The van der Waals surface area contributed by atoms with Crippen LogP contribution in [0.2, 0.25) is 0 Å². The monoisotopic (exact) mass is 291 g/mol. The van der Waals surface area contributed by atoms with Gasteiger partial charge in [0.1, 0.15) is 0 Å². The Balaban J connectivity index is 1.89. The fourth-order valence-electron chi connectivity index (χ4n) is 3.51. The third kappa shape index (κ3) is 2.01. The molecular formula is C19H17NO2. The van der Waals surface area contributed by atoms with Crippen molar-refractivity contribution in [2.75, 3.05) is 0 Å². The molecule has 110 valence electrons. The Morgan fingerprint density at radius 3 is 2.68 bits per heavy atom. The van der Waals surface area contributed by atoms with Crippen LogP contribution in [0.5, 0.6) is 0 Å². The number of para-hydroxylation sites is 1. The SMILES string of the molecule is O=C(O)C1CCc2[nH]c3c(-c4ccccc4)cccc3c2C1. The van der Waals surface area contributed by atoms with Crippen molar-refractivity contribution < 1.29 is 9.90 Å². The molecule has 1 heterocycles. The molecule has 4 rings (SSSR count). The van der Waals surface area contributed by atoms with Gasteiger partial charge in [-0.2, -0.15) is 0 Å². The Morgan fingerprint density at radius 1 is 1.09 bits per heavy atom. The van der Waals surface area contributed by atoms with E-state index in [9.17, 15) is 9.90 Å². The number of rotatable bonds is 2. The minimum Gasteiger partial charge on any atom is -0.481 e. The van der Waals surface area contributed by atoms with Crippen LogP contribution in [-0.4, -0.2) is 16.1 Å². The van der Waals surface area contributed by atoms with Crippen molar-refractivity contribution in [2.24, 2.45) is 5.92 Å². The molecule has 1 aliphatic carbocycles. The molecule has 3 heteroatoms. The van der Waals surface area contributed by atoms with Crippen molar-refractivity contribution in [1.82, 2.24) is 4.98 Å². The Labute approximate surface area is 128 Å². The van der Waals surface area contributed by atoms with Gasteiger partial charge in [0.25, 0.3) is 0 Å². The molecule has 1 aromatic heterocycles. The van der Waals surface area contributed by atoms with Gasteiger partial charge in [0.15, 0.2) is 0 Å². The molecule has 0 fully saturated rings. The van der Waals surface area contributed by atoms with E-state index in [4.69, 9.17) is 0 Å². The molecule has 0 saturated carbocycles. The zero-order valence-electron chi connectivity index (χ0n) is 12.2. The van der Waals surface area contributed by atoms with E-state index in [1.807, 2.05) is 18.2 Å². The van der Waals surface area contributed by atoms with Crippen LogP contribution in [0.4, 0.5) is 0 Å². The highest BCUT2D eigenvalue weighted by molar-refractivity contribution is 5.97. The van der Waals surface area contributed by atoms with Crippen molar-refractivity contribution in [3.63, 3.8) is 0 Å². The average molecular weight is 291 g/mol. The highest BCUT2D eigenvalue weighted by atomic mass is 16.4. The van der Waals surface area contributed by atoms with Crippen LogP contribution in [0.3, 0.4) is 0 Å². The number of fused-ring (bicyclic) bond motifs is 3. The van der Waals surface area contributed by atoms with E-state index < -0.39 is 5.97 Å². The summed E-state index contributed by atoms with van der Waals surface area (Å²) in [5, 5.41) is 10.5. The maximum atomic E-state index is 11.3. The summed E-state index contributed by atoms with van der Waals surface area (Å²) >= 11 is 0. The number of aromatic nitrogens is 1.